The van der Waals surface area contributed by atoms with Gasteiger partial charge in [-0.05, 0) is 49.3 Å². The van der Waals surface area contributed by atoms with Crippen molar-refractivity contribution >= 4 is 17.6 Å². The van der Waals surface area contributed by atoms with Gasteiger partial charge in [-0.25, -0.2) is 0 Å². The second-order valence-corrected chi connectivity index (χ2v) is 10.4. The summed E-state index contributed by atoms with van der Waals surface area (Å²) in [7, 11) is 3.69. The van der Waals surface area contributed by atoms with E-state index in [0.717, 1.165) is 30.5 Å². The molecule has 0 N–H and O–H groups in total. The highest BCUT2D eigenvalue weighted by Crippen LogP contribution is 2.36. The Hall–Kier alpha value is -3.74. The Bertz CT molecular complexity index is 1310. The van der Waals surface area contributed by atoms with Crippen molar-refractivity contribution in [2.24, 2.45) is 13.0 Å². The number of carbonyl (C=O) groups is 3. The summed E-state index contributed by atoms with van der Waals surface area (Å²) in [6, 6.07) is 19.6. The fourth-order valence-electron chi connectivity index (χ4n) is 6.02. The molecule has 192 valence electrons. The fourth-order valence-corrected chi connectivity index (χ4v) is 6.02. The van der Waals surface area contributed by atoms with Crippen molar-refractivity contribution in [3.8, 4) is 0 Å². The second-order valence-electron chi connectivity index (χ2n) is 10.4. The molecule has 1 aliphatic carbocycles. The van der Waals surface area contributed by atoms with E-state index in [4.69, 9.17) is 0 Å². The minimum atomic E-state index is -0.377. The zero-order valence-electron chi connectivity index (χ0n) is 21.8. The third-order valence-electron chi connectivity index (χ3n) is 8.05. The highest BCUT2D eigenvalue weighted by molar-refractivity contribution is 6.06. The lowest BCUT2D eigenvalue weighted by molar-refractivity contribution is -0.134. The highest BCUT2D eigenvalue weighted by Gasteiger charge is 2.39. The Morgan fingerprint density at radius 3 is 2.41 bits per heavy atom. The number of piperidine rings is 1. The smallest absolute Gasteiger partial charge is 0.272 e. The molecule has 1 aliphatic heterocycles. The van der Waals surface area contributed by atoms with Crippen LogP contribution in [-0.4, -0.2) is 63.4 Å². The van der Waals surface area contributed by atoms with E-state index in [9.17, 15) is 14.4 Å². The predicted molar refractivity (Wildman–Crippen MR) is 141 cm³/mol. The number of amides is 2. The summed E-state index contributed by atoms with van der Waals surface area (Å²) in [5, 5.41) is 4.36. The van der Waals surface area contributed by atoms with Crippen LogP contribution in [-0.2, 0) is 18.3 Å². The van der Waals surface area contributed by atoms with E-state index in [0.29, 0.717) is 24.3 Å². The minimum Gasteiger partial charge on any atom is -0.342 e. The van der Waals surface area contributed by atoms with Gasteiger partial charge in [-0.2, -0.15) is 5.10 Å². The standard InChI is InChI=1S/C30H34N4O3/c1-20-17-27(33(3)31-20)30(37)32(2)26(18-21-9-5-4-6-10-21)22-13-15-34(16-14-22)29(36)25-19-28(35)24-12-8-7-11-23(24)25/h4-12,17,22,25-26H,13-16,18-19H2,1-3H3/t25-,26-/m0/s1. The van der Waals surface area contributed by atoms with Crippen molar-refractivity contribution in [3.63, 3.8) is 0 Å². The minimum absolute atomic E-state index is 0.00357. The first-order chi connectivity index (χ1) is 17.8. The number of fused-ring (bicyclic) bond motifs is 1. The van der Waals surface area contributed by atoms with Crippen molar-refractivity contribution in [2.45, 2.75) is 44.6 Å². The number of likely N-dealkylation sites (tertiary alicyclic amines) is 1. The molecule has 1 saturated heterocycles. The van der Waals surface area contributed by atoms with Crippen molar-refractivity contribution in [3.05, 3.63) is 88.7 Å². The molecule has 2 amide bonds. The van der Waals surface area contributed by atoms with Crippen LogP contribution < -0.4 is 0 Å². The van der Waals surface area contributed by atoms with Crippen LogP contribution in [0, 0.1) is 12.8 Å². The maximum absolute atomic E-state index is 13.5. The van der Waals surface area contributed by atoms with Crippen LogP contribution in [0.2, 0.25) is 0 Å². The van der Waals surface area contributed by atoms with Crippen LogP contribution in [0.1, 0.15) is 62.8 Å². The molecule has 2 heterocycles. The lowest BCUT2D eigenvalue weighted by Gasteiger charge is -2.40. The number of likely N-dealkylation sites (N-methyl/N-ethyl adjacent to an activating group) is 1. The summed E-state index contributed by atoms with van der Waals surface area (Å²) in [5.41, 5.74) is 4.13. The highest BCUT2D eigenvalue weighted by atomic mass is 16.2. The van der Waals surface area contributed by atoms with Crippen LogP contribution >= 0.6 is 0 Å². The number of Topliss-reactive ketones (excluding diaryl/α,β-unsaturated/α-hetero) is 1. The van der Waals surface area contributed by atoms with Gasteiger partial charge in [0.15, 0.2) is 5.78 Å². The third-order valence-corrected chi connectivity index (χ3v) is 8.05. The Morgan fingerprint density at radius 2 is 1.73 bits per heavy atom. The summed E-state index contributed by atoms with van der Waals surface area (Å²) >= 11 is 0. The quantitative estimate of drug-likeness (QED) is 0.515. The van der Waals surface area contributed by atoms with Gasteiger partial charge in [-0.3, -0.25) is 19.1 Å². The predicted octanol–water partition coefficient (Wildman–Crippen LogP) is 4.02. The zero-order valence-corrected chi connectivity index (χ0v) is 21.8. The van der Waals surface area contributed by atoms with Gasteiger partial charge in [0.1, 0.15) is 5.69 Å². The van der Waals surface area contributed by atoms with E-state index in [1.165, 1.54) is 5.56 Å². The number of hydrogen-bond donors (Lipinski definition) is 0. The van der Waals surface area contributed by atoms with Crippen LogP contribution in [0.5, 0.6) is 0 Å². The SMILES string of the molecule is Cc1cc(C(=O)N(C)[C@@H](Cc2ccccc2)C2CCN(C(=O)[C@H]3CC(=O)c4ccccc43)CC2)n(C)n1. The van der Waals surface area contributed by atoms with E-state index in [1.807, 2.05) is 72.3 Å². The van der Waals surface area contributed by atoms with Gasteiger partial charge < -0.3 is 9.80 Å². The van der Waals surface area contributed by atoms with Crippen LogP contribution in [0.3, 0.4) is 0 Å². The molecule has 3 aromatic rings. The molecule has 7 heteroatoms. The normalized spacial score (nSPS) is 18.5. The van der Waals surface area contributed by atoms with Gasteiger partial charge in [-0.1, -0.05) is 54.6 Å². The van der Waals surface area contributed by atoms with Gasteiger partial charge in [0, 0.05) is 45.2 Å². The van der Waals surface area contributed by atoms with Gasteiger partial charge in [0.05, 0.1) is 11.6 Å². The molecular formula is C30H34N4O3. The van der Waals surface area contributed by atoms with Gasteiger partial charge in [0.2, 0.25) is 5.91 Å². The molecule has 1 fully saturated rings. The fraction of sp³-hybridized carbons (Fsp3) is 0.400. The number of rotatable bonds is 6. The van der Waals surface area contributed by atoms with Gasteiger partial charge >= 0.3 is 0 Å². The van der Waals surface area contributed by atoms with Gasteiger partial charge in [-0.15, -0.1) is 0 Å². The Labute approximate surface area is 218 Å². The van der Waals surface area contributed by atoms with Crippen LogP contribution in [0.4, 0.5) is 0 Å². The number of hydrogen-bond acceptors (Lipinski definition) is 4. The first-order valence-electron chi connectivity index (χ1n) is 13.1. The van der Waals surface area contributed by atoms with Crippen molar-refractivity contribution in [1.29, 1.82) is 0 Å². The molecule has 5 rings (SSSR count). The Balaban J connectivity index is 1.31. The average molecular weight is 499 g/mol. The van der Waals surface area contributed by atoms with E-state index < -0.39 is 0 Å². The molecule has 0 radical (unpaired) electrons. The van der Waals surface area contributed by atoms with Crippen LogP contribution in [0.15, 0.2) is 60.7 Å². The molecule has 2 aromatic carbocycles. The molecule has 0 bridgehead atoms. The van der Waals surface area contributed by atoms with Crippen molar-refractivity contribution < 1.29 is 14.4 Å². The van der Waals surface area contributed by atoms with E-state index >= 15 is 0 Å². The molecule has 1 aromatic heterocycles. The average Bonchev–Trinajstić information content (AvgIpc) is 3.44. The summed E-state index contributed by atoms with van der Waals surface area (Å²) in [6.45, 7) is 3.16. The van der Waals surface area contributed by atoms with E-state index in [1.54, 1.807) is 11.7 Å². The molecule has 37 heavy (non-hydrogen) atoms. The maximum atomic E-state index is 13.5. The van der Waals surface area contributed by atoms with Crippen LogP contribution in [0.25, 0.3) is 0 Å². The number of benzene rings is 2. The van der Waals surface area contributed by atoms with E-state index in [2.05, 4.69) is 17.2 Å². The summed E-state index contributed by atoms with van der Waals surface area (Å²) in [5.74, 6) is -0.0604. The number of nitrogens with zero attached hydrogens (tertiary/aromatic N) is 4. The van der Waals surface area contributed by atoms with Crippen molar-refractivity contribution in [1.82, 2.24) is 19.6 Å². The third kappa shape index (κ3) is 4.95. The summed E-state index contributed by atoms with van der Waals surface area (Å²) in [4.78, 5) is 43.2. The zero-order chi connectivity index (χ0) is 26.1. The largest absolute Gasteiger partial charge is 0.342 e. The Morgan fingerprint density at radius 1 is 1.05 bits per heavy atom. The molecule has 2 atom stereocenters. The molecule has 0 spiro atoms. The van der Waals surface area contributed by atoms with E-state index in [-0.39, 0.29) is 41.9 Å². The first-order valence-corrected chi connectivity index (χ1v) is 13.1. The monoisotopic (exact) mass is 498 g/mol. The number of aromatic nitrogens is 2. The maximum Gasteiger partial charge on any atom is 0.272 e. The second kappa shape index (κ2) is 10.3. The Kier molecular flexibility index (Phi) is 6.96. The lowest BCUT2D eigenvalue weighted by Crippen LogP contribution is -2.49. The summed E-state index contributed by atoms with van der Waals surface area (Å²) < 4.78 is 1.65. The molecule has 0 unspecified atom stereocenters. The molecule has 0 saturated carbocycles. The number of aryl methyl sites for hydroxylation is 2. The van der Waals surface area contributed by atoms with Crippen molar-refractivity contribution in [2.75, 3.05) is 20.1 Å². The summed E-state index contributed by atoms with van der Waals surface area (Å²) in [6.07, 6.45) is 2.64. The molecule has 2 aliphatic rings. The van der Waals surface area contributed by atoms with Gasteiger partial charge in [0.25, 0.3) is 5.91 Å². The number of carbonyl (C=O) groups excluding carboxylic acids is 3. The topological polar surface area (TPSA) is 75.5 Å². The first kappa shape index (κ1) is 24.9. The molecular weight excluding hydrogens is 464 g/mol. The lowest BCUT2D eigenvalue weighted by atomic mass is 9.84. The number of ketones is 1. The molecule has 7 nitrogen and oxygen atoms in total.